The second-order valence-corrected chi connectivity index (χ2v) is 12.4. The molecule has 0 unspecified atom stereocenters. The van der Waals surface area contributed by atoms with Crippen LogP contribution in [0.25, 0.3) is 22.4 Å². The van der Waals surface area contributed by atoms with Crippen molar-refractivity contribution < 1.29 is 23.9 Å². The maximum atomic E-state index is 15.3. The number of rotatable bonds is 9. The molecule has 0 atom stereocenters. The van der Waals surface area contributed by atoms with E-state index < -0.39 is 17.4 Å². The van der Waals surface area contributed by atoms with Crippen LogP contribution in [0.2, 0.25) is 0 Å². The molecule has 8 nitrogen and oxygen atoms in total. The first-order chi connectivity index (χ1) is 20.5. The molecule has 0 radical (unpaired) electrons. The van der Waals surface area contributed by atoms with E-state index in [1.54, 1.807) is 32.2 Å². The van der Waals surface area contributed by atoms with Crippen molar-refractivity contribution in [3.63, 3.8) is 0 Å². The van der Waals surface area contributed by atoms with Gasteiger partial charge in [-0.3, -0.25) is 14.6 Å². The van der Waals surface area contributed by atoms with Crippen LogP contribution in [0.3, 0.4) is 0 Å². The summed E-state index contributed by atoms with van der Waals surface area (Å²) in [6.45, 7) is 3.20. The zero-order valence-electron chi connectivity index (χ0n) is 24.9. The third kappa shape index (κ3) is 7.21. The Balaban J connectivity index is 1.30. The molecule has 3 aromatic rings. The van der Waals surface area contributed by atoms with Crippen LogP contribution in [0.1, 0.15) is 64.4 Å². The Hall–Kier alpha value is -4.27. The van der Waals surface area contributed by atoms with Crippen molar-refractivity contribution in [1.29, 1.82) is 0 Å². The van der Waals surface area contributed by atoms with Crippen LogP contribution in [-0.2, 0) is 15.1 Å². The highest BCUT2D eigenvalue weighted by atomic mass is 19.1. The Morgan fingerprint density at radius 3 is 2.30 bits per heavy atom. The standard InChI is InChI=1S/C34H39FN4O4/c1-34(2,38-33(42)43)28-16-13-24(18-29(28)35)31-27(22-7-5-4-6-8-22)19-25(20-36-31)37-30(40)17-21-9-14-26(15-10-21)39(3)32(41)23-11-12-23/h4-8,13,16,18-21,23,26,38H,9-12,14-15,17H2,1-3H3,(H,37,40)(H,42,43). The van der Waals surface area contributed by atoms with Crippen LogP contribution < -0.4 is 10.6 Å². The first-order valence-electron chi connectivity index (χ1n) is 15.0. The van der Waals surface area contributed by atoms with Gasteiger partial charge in [-0.25, -0.2) is 9.18 Å². The Kier molecular flexibility index (Phi) is 8.80. The average Bonchev–Trinajstić information content (AvgIpc) is 3.82. The molecule has 0 saturated heterocycles. The summed E-state index contributed by atoms with van der Waals surface area (Å²) in [5, 5.41) is 14.5. The highest BCUT2D eigenvalue weighted by Crippen LogP contribution is 2.36. The van der Waals surface area contributed by atoms with Crippen LogP contribution >= 0.6 is 0 Å². The summed E-state index contributed by atoms with van der Waals surface area (Å²) in [7, 11) is 1.92. The second kappa shape index (κ2) is 12.5. The highest BCUT2D eigenvalue weighted by Gasteiger charge is 2.36. The minimum atomic E-state index is -1.24. The van der Waals surface area contributed by atoms with Gasteiger partial charge in [0.05, 0.1) is 23.1 Å². The summed E-state index contributed by atoms with van der Waals surface area (Å²) in [6, 6.07) is 16.3. The first kappa shape index (κ1) is 30.2. The lowest BCUT2D eigenvalue weighted by Gasteiger charge is -2.34. The fraction of sp³-hybridized carbons (Fsp3) is 0.412. The smallest absolute Gasteiger partial charge is 0.405 e. The van der Waals surface area contributed by atoms with E-state index in [0.717, 1.165) is 49.7 Å². The lowest BCUT2D eigenvalue weighted by atomic mass is 9.83. The molecule has 2 aliphatic rings. The quantitative estimate of drug-likeness (QED) is 0.255. The Labute approximate surface area is 251 Å². The normalized spacial score (nSPS) is 18.5. The Morgan fingerprint density at radius 2 is 1.67 bits per heavy atom. The van der Waals surface area contributed by atoms with Crippen LogP contribution in [0.5, 0.6) is 0 Å². The molecule has 2 saturated carbocycles. The number of halogens is 1. The van der Waals surface area contributed by atoms with E-state index in [9.17, 15) is 14.4 Å². The van der Waals surface area contributed by atoms with E-state index in [4.69, 9.17) is 5.11 Å². The molecule has 0 aliphatic heterocycles. The zero-order valence-corrected chi connectivity index (χ0v) is 24.9. The molecule has 5 rings (SSSR count). The summed E-state index contributed by atoms with van der Waals surface area (Å²) in [6.07, 6.45) is 6.42. The number of pyridine rings is 1. The average molecular weight is 587 g/mol. The predicted octanol–water partition coefficient (Wildman–Crippen LogP) is 6.81. The number of carboxylic acid groups (broad SMARTS) is 1. The molecule has 9 heteroatoms. The summed E-state index contributed by atoms with van der Waals surface area (Å²) in [5.41, 5.74) is 2.33. The van der Waals surface area contributed by atoms with Gasteiger partial charge in [-0.2, -0.15) is 0 Å². The van der Waals surface area contributed by atoms with Gasteiger partial charge in [-0.15, -0.1) is 0 Å². The van der Waals surface area contributed by atoms with Gasteiger partial charge in [0.25, 0.3) is 0 Å². The number of amides is 3. The van der Waals surface area contributed by atoms with Crippen molar-refractivity contribution in [3.8, 4) is 22.4 Å². The van der Waals surface area contributed by atoms with E-state index in [1.165, 1.54) is 6.07 Å². The van der Waals surface area contributed by atoms with Gasteiger partial charge in [0.2, 0.25) is 11.8 Å². The molecule has 2 aromatic carbocycles. The summed E-state index contributed by atoms with van der Waals surface area (Å²) in [5.74, 6) is 0.128. The molecule has 3 amide bonds. The number of nitrogens with zero attached hydrogens (tertiary/aromatic N) is 2. The minimum Gasteiger partial charge on any atom is -0.465 e. The number of hydrogen-bond acceptors (Lipinski definition) is 4. The maximum Gasteiger partial charge on any atom is 0.405 e. The third-order valence-electron chi connectivity index (χ3n) is 8.70. The van der Waals surface area contributed by atoms with Crippen LogP contribution in [0, 0.1) is 17.7 Å². The van der Waals surface area contributed by atoms with E-state index >= 15 is 4.39 Å². The van der Waals surface area contributed by atoms with Gasteiger partial charge < -0.3 is 20.6 Å². The van der Waals surface area contributed by atoms with Gasteiger partial charge in [0, 0.05) is 42.1 Å². The number of anilines is 1. The molecule has 0 bridgehead atoms. The summed E-state index contributed by atoms with van der Waals surface area (Å²) in [4.78, 5) is 43.3. The lowest BCUT2D eigenvalue weighted by molar-refractivity contribution is -0.134. The first-order valence-corrected chi connectivity index (χ1v) is 15.0. The SMILES string of the molecule is CN(C(=O)C1CC1)C1CCC(CC(=O)Nc2cnc(-c3ccc(C(C)(C)NC(=O)O)c(F)c3)c(-c3ccccc3)c2)CC1. The van der Waals surface area contributed by atoms with E-state index in [1.807, 2.05) is 48.3 Å². The largest absolute Gasteiger partial charge is 0.465 e. The number of hydrogen-bond donors (Lipinski definition) is 3. The molecule has 1 aromatic heterocycles. The monoisotopic (exact) mass is 586 g/mol. The molecular formula is C34H39FN4O4. The lowest BCUT2D eigenvalue weighted by Crippen LogP contribution is -2.40. The number of aromatic nitrogens is 1. The maximum absolute atomic E-state index is 15.3. The van der Waals surface area contributed by atoms with Crippen molar-refractivity contribution in [3.05, 3.63) is 72.2 Å². The number of nitrogens with one attached hydrogen (secondary N) is 2. The van der Waals surface area contributed by atoms with E-state index in [2.05, 4.69) is 15.6 Å². The molecule has 2 fully saturated rings. The van der Waals surface area contributed by atoms with Crippen LogP contribution in [0.4, 0.5) is 14.9 Å². The van der Waals surface area contributed by atoms with Crippen LogP contribution in [-0.4, -0.2) is 46.0 Å². The van der Waals surface area contributed by atoms with Gasteiger partial charge in [0.15, 0.2) is 0 Å². The third-order valence-corrected chi connectivity index (χ3v) is 8.70. The zero-order chi connectivity index (χ0) is 30.7. The molecular weight excluding hydrogens is 547 g/mol. The van der Waals surface area contributed by atoms with Crippen molar-refractivity contribution in [2.75, 3.05) is 12.4 Å². The molecule has 0 spiro atoms. The molecule has 1 heterocycles. The van der Waals surface area contributed by atoms with Gasteiger partial charge in [0.1, 0.15) is 5.82 Å². The molecule has 3 N–H and O–H groups in total. The predicted molar refractivity (Wildman–Crippen MR) is 164 cm³/mol. The fourth-order valence-corrected chi connectivity index (χ4v) is 6.11. The second-order valence-electron chi connectivity index (χ2n) is 12.4. The summed E-state index contributed by atoms with van der Waals surface area (Å²) >= 11 is 0. The number of carbonyl (C=O) groups excluding carboxylic acids is 2. The van der Waals surface area contributed by atoms with Crippen molar-refractivity contribution in [2.24, 2.45) is 11.8 Å². The van der Waals surface area contributed by atoms with E-state index in [-0.39, 0.29) is 35.3 Å². The van der Waals surface area contributed by atoms with Crippen molar-refractivity contribution >= 4 is 23.6 Å². The van der Waals surface area contributed by atoms with Gasteiger partial charge in [-0.05, 0) is 76.0 Å². The Bertz CT molecular complexity index is 1500. The number of carbonyl (C=O) groups is 3. The minimum absolute atomic E-state index is 0.0806. The highest BCUT2D eigenvalue weighted by molar-refractivity contribution is 5.93. The molecule has 2 aliphatic carbocycles. The summed E-state index contributed by atoms with van der Waals surface area (Å²) < 4.78 is 15.3. The van der Waals surface area contributed by atoms with Gasteiger partial charge in [-0.1, -0.05) is 42.5 Å². The van der Waals surface area contributed by atoms with Crippen molar-refractivity contribution in [2.45, 2.75) is 70.4 Å². The molecule has 43 heavy (non-hydrogen) atoms. The fourth-order valence-electron chi connectivity index (χ4n) is 6.11. The molecule has 226 valence electrons. The number of benzene rings is 2. The van der Waals surface area contributed by atoms with Gasteiger partial charge >= 0.3 is 6.09 Å². The topological polar surface area (TPSA) is 112 Å². The van der Waals surface area contributed by atoms with Crippen molar-refractivity contribution in [1.82, 2.24) is 15.2 Å². The Morgan fingerprint density at radius 1 is 0.977 bits per heavy atom. The van der Waals surface area contributed by atoms with E-state index in [0.29, 0.717) is 23.4 Å². The van der Waals surface area contributed by atoms with Crippen LogP contribution in [0.15, 0.2) is 60.8 Å².